The first-order chi connectivity index (χ1) is 13.6. The summed E-state index contributed by atoms with van der Waals surface area (Å²) in [6.07, 6.45) is -3.75. The molecule has 0 aromatic heterocycles. The van der Waals surface area contributed by atoms with Crippen molar-refractivity contribution in [3.05, 3.63) is 59.7 Å². The maximum atomic E-state index is 13.2. The molecule has 2 aliphatic rings. The number of halogens is 3. The van der Waals surface area contributed by atoms with E-state index in [1.165, 1.54) is 21.9 Å². The van der Waals surface area contributed by atoms with Gasteiger partial charge in [0.2, 0.25) is 0 Å². The Morgan fingerprint density at radius 2 is 1.55 bits per heavy atom. The van der Waals surface area contributed by atoms with Gasteiger partial charge in [0.15, 0.2) is 9.84 Å². The zero-order chi connectivity index (χ0) is 21.0. The second-order valence-corrected chi connectivity index (χ2v) is 9.46. The number of carbonyl (C=O) groups excluding carboxylic acids is 1. The number of alkyl halides is 3. The average Bonchev–Trinajstić information content (AvgIpc) is 3.09. The zero-order valence-corrected chi connectivity index (χ0v) is 16.4. The van der Waals surface area contributed by atoms with E-state index in [1.54, 1.807) is 12.1 Å². The first-order valence-electron chi connectivity index (χ1n) is 9.20. The molecule has 0 unspecified atom stereocenters. The minimum atomic E-state index is -4.56. The molecule has 2 atom stereocenters. The molecule has 0 aliphatic carbocycles. The molecule has 2 aromatic rings. The molecule has 9 heteroatoms. The lowest BCUT2D eigenvalue weighted by Gasteiger charge is -2.23. The largest absolute Gasteiger partial charge is 0.416 e. The summed E-state index contributed by atoms with van der Waals surface area (Å²) in [5, 5.41) is 0. The Balaban J connectivity index is 1.78. The average molecular weight is 424 g/mol. The van der Waals surface area contributed by atoms with Crippen LogP contribution in [0.1, 0.15) is 18.1 Å². The Hall–Kier alpha value is -2.55. The predicted octanol–water partition coefficient (Wildman–Crippen LogP) is 3.88. The second-order valence-electron chi connectivity index (χ2n) is 7.30. The summed E-state index contributed by atoms with van der Waals surface area (Å²) in [5.74, 6) is -0.488. The Morgan fingerprint density at radius 1 is 0.966 bits per heavy atom. The van der Waals surface area contributed by atoms with Gasteiger partial charge >= 0.3 is 12.2 Å². The topological polar surface area (TPSA) is 57.7 Å². The molecule has 29 heavy (non-hydrogen) atoms. The van der Waals surface area contributed by atoms with Crippen molar-refractivity contribution in [1.29, 1.82) is 0 Å². The van der Waals surface area contributed by atoms with Crippen LogP contribution in [-0.4, -0.2) is 38.0 Å². The van der Waals surface area contributed by atoms with Gasteiger partial charge in [-0.2, -0.15) is 13.2 Å². The number of sulfone groups is 1. The molecule has 0 bridgehead atoms. The van der Waals surface area contributed by atoms with Crippen molar-refractivity contribution < 1.29 is 26.4 Å². The number of hydrogen-bond donors (Lipinski definition) is 0. The van der Waals surface area contributed by atoms with Crippen molar-refractivity contribution in [2.24, 2.45) is 0 Å². The fourth-order valence-electron chi connectivity index (χ4n) is 4.03. The molecule has 2 amide bonds. The Bertz CT molecular complexity index is 1050. The molecular weight excluding hydrogens is 405 g/mol. The van der Waals surface area contributed by atoms with Crippen molar-refractivity contribution >= 4 is 27.2 Å². The van der Waals surface area contributed by atoms with Gasteiger partial charge < -0.3 is 0 Å². The van der Waals surface area contributed by atoms with E-state index in [0.717, 1.165) is 24.1 Å². The van der Waals surface area contributed by atoms with E-state index in [9.17, 15) is 26.4 Å². The first kappa shape index (κ1) is 19.8. The van der Waals surface area contributed by atoms with Gasteiger partial charge in [0, 0.05) is 11.4 Å². The molecule has 0 spiro atoms. The Kier molecular flexibility index (Phi) is 4.60. The minimum Gasteiger partial charge on any atom is -0.288 e. The van der Waals surface area contributed by atoms with Crippen LogP contribution in [0.15, 0.2) is 48.5 Å². The van der Waals surface area contributed by atoms with Gasteiger partial charge in [0.05, 0.1) is 29.2 Å². The number of urea groups is 1. The quantitative estimate of drug-likeness (QED) is 0.703. The molecule has 0 saturated carbocycles. The number of carbonyl (C=O) groups is 1. The smallest absolute Gasteiger partial charge is 0.288 e. The van der Waals surface area contributed by atoms with Crippen LogP contribution in [0.2, 0.25) is 0 Å². The summed E-state index contributed by atoms with van der Waals surface area (Å²) in [5.41, 5.74) is 0.759. The minimum absolute atomic E-state index is 0.0459. The zero-order valence-electron chi connectivity index (χ0n) is 15.6. The molecule has 5 nitrogen and oxygen atoms in total. The van der Waals surface area contributed by atoms with E-state index in [-0.39, 0.29) is 17.2 Å². The number of amides is 2. The lowest BCUT2D eigenvalue weighted by atomic mass is 10.1. The standard InChI is InChI=1S/C20H19F3N2O3S/c1-2-13-6-8-15(9-7-13)24-17-11-29(27,28)12-18(17)25(19(24)26)16-5-3-4-14(10-16)20(21,22)23/h3-10,17-18H,2,11-12H2,1H3/t17-,18-/m0/s1. The number of aryl methyl sites for hydroxylation is 1. The SMILES string of the molecule is CCc1ccc(N2C(=O)N(c3cccc(C(F)(F)F)c3)[C@H]3CS(=O)(=O)C[C@@H]32)cc1. The third-order valence-corrected chi connectivity index (χ3v) is 7.14. The van der Waals surface area contributed by atoms with Crippen LogP contribution in [0, 0.1) is 0 Å². The normalized spacial score (nSPS) is 23.5. The van der Waals surface area contributed by atoms with Crippen molar-refractivity contribution in [1.82, 2.24) is 0 Å². The Morgan fingerprint density at radius 3 is 2.10 bits per heavy atom. The van der Waals surface area contributed by atoms with E-state index in [2.05, 4.69) is 0 Å². The number of fused-ring (bicyclic) bond motifs is 1. The molecule has 2 fully saturated rings. The van der Waals surface area contributed by atoms with Gasteiger partial charge in [0.1, 0.15) is 0 Å². The summed E-state index contributed by atoms with van der Waals surface area (Å²) in [6.45, 7) is 1.99. The van der Waals surface area contributed by atoms with Crippen molar-refractivity contribution in [2.45, 2.75) is 31.6 Å². The van der Waals surface area contributed by atoms with E-state index in [0.29, 0.717) is 5.69 Å². The van der Waals surface area contributed by atoms with Crippen LogP contribution in [-0.2, 0) is 22.4 Å². The summed E-state index contributed by atoms with van der Waals surface area (Å²) in [7, 11) is -3.42. The number of rotatable bonds is 3. The van der Waals surface area contributed by atoms with Crippen LogP contribution in [0.5, 0.6) is 0 Å². The van der Waals surface area contributed by atoms with Gasteiger partial charge in [-0.1, -0.05) is 25.1 Å². The van der Waals surface area contributed by atoms with Crippen LogP contribution in [0.4, 0.5) is 29.3 Å². The number of benzene rings is 2. The number of anilines is 2. The van der Waals surface area contributed by atoms with E-state index in [4.69, 9.17) is 0 Å². The van der Waals surface area contributed by atoms with E-state index >= 15 is 0 Å². The molecule has 0 N–H and O–H groups in total. The van der Waals surface area contributed by atoms with Crippen molar-refractivity contribution in [2.75, 3.05) is 21.3 Å². The summed E-state index contributed by atoms with van der Waals surface area (Å²) >= 11 is 0. The molecule has 2 heterocycles. The highest BCUT2D eigenvalue weighted by Crippen LogP contribution is 2.39. The molecule has 2 aromatic carbocycles. The van der Waals surface area contributed by atoms with Gasteiger partial charge in [-0.25, -0.2) is 13.2 Å². The van der Waals surface area contributed by atoms with Crippen LogP contribution in [0.3, 0.4) is 0 Å². The van der Waals surface area contributed by atoms with Crippen LogP contribution in [0.25, 0.3) is 0 Å². The highest BCUT2D eigenvalue weighted by Gasteiger charge is 2.54. The maximum absolute atomic E-state index is 13.2. The van der Waals surface area contributed by atoms with Crippen LogP contribution < -0.4 is 9.80 Å². The maximum Gasteiger partial charge on any atom is 0.416 e. The molecule has 154 valence electrons. The molecule has 4 rings (SSSR count). The fraction of sp³-hybridized carbons (Fsp3) is 0.350. The van der Waals surface area contributed by atoms with E-state index < -0.39 is 39.7 Å². The summed E-state index contributed by atoms with van der Waals surface area (Å²) in [4.78, 5) is 15.8. The molecule has 2 saturated heterocycles. The second kappa shape index (κ2) is 6.76. The third-order valence-electron chi connectivity index (χ3n) is 5.44. The summed E-state index contributed by atoms with van der Waals surface area (Å²) in [6, 6.07) is 9.75. The lowest BCUT2D eigenvalue weighted by Crippen LogP contribution is -2.38. The third kappa shape index (κ3) is 3.48. The Labute approximate surface area is 166 Å². The van der Waals surface area contributed by atoms with Gasteiger partial charge in [-0.15, -0.1) is 0 Å². The predicted molar refractivity (Wildman–Crippen MR) is 104 cm³/mol. The van der Waals surface area contributed by atoms with E-state index in [1.807, 2.05) is 19.1 Å². The van der Waals surface area contributed by atoms with Crippen molar-refractivity contribution in [3.63, 3.8) is 0 Å². The molecule has 0 radical (unpaired) electrons. The van der Waals surface area contributed by atoms with Gasteiger partial charge in [-0.3, -0.25) is 9.80 Å². The highest BCUT2D eigenvalue weighted by atomic mass is 32.2. The number of hydrogen-bond acceptors (Lipinski definition) is 3. The lowest BCUT2D eigenvalue weighted by molar-refractivity contribution is -0.137. The first-order valence-corrected chi connectivity index (χ1v) is 11.0. The highest BCUT2D eigenvalue weighted by molar-refractivity contribution is 7.91. The van der Waals surface area contributed by atoms with Crippen molar-refractivity contribution in [3.8, 4) is 0 Å². The molecule has 2 aliphatic heterocycles. The van der Waals surface area contributed by atoms with Gasteiger partial charge in [0.25, 0.3) is 0 Å². The van der Waals surface area contributed by atoms with Crippen LogP contribution >= 0.6 is 0 Å². The molecular formula is C20H19F3N2O3S. The monoisotopic (exact) mass is 424 g/mol. The summed E-state index contributed by atoms with van der Waals surface area (Å²) < 4.78 is 64.0. The van der Waals surface area contributed by atoms with Gasteiger partial charge in [-0.05, 0) is 42.3 Å². The number of nitrogens with zero attached hydrogens (tertiary/aromatic N) is 2. The fourth-order valence-corrected chi connectivity index (χ4v) is 5.95.